The highest BCUT2D eigenvalue weighted by Gasteiger charge is 2.16. The molecule has 1 heterocycles. The summed E-state index contributed by atoms with van der Waals surface area (Å²) in [5.41, 5.74) is 2.39. The molecule has 1 heteroatoms. The number of aryl methyl sites for hydroxylation is 1. The van der Waals surface area contributed by atoms with E-state index in [1.54, 1.807) is 0 Å². The average molecular weight is 191 g/mol. The molecule has 0 saturated heterocycles. The van der Waals surface area contributed by atoms with Crippen molar-refractivity contribution in [3.63, 3.8) is 0 Å². The Morgan fingerprint density at radius 1 is 1.21 bits per heavy atom. The minimum absolute atomic E-state index is 0.625. The maximum atomic E-state index is 4.61. The lowest BCUT2D eigenvalue weighted by Crippen LogP contribution is -2.10. The zero-order valence-electron chi connectivity index (χ0n) is 9.75. The maximum Gasteiger partial charge on any atom is 0.0440 e. The SMILES string of the molecule is CCC(C)C(CC)c1cccc(C)n1. The molecule has 1 nitrogen and oxygen atoms in total. The highest BCUT2D eigenvalue weighted by molar-refractivity contribution is 5.14. The van der Waals surface area contributed by atoms with Crippen LogP contribution in [0.25, 0.3) is 0 Å². The van der Waals surface area contributed by atoms with Gasteiger partial charge in [0.1, 0.15) is 0 Å². The molecule has 0 radical (unpaired) electrons. The van der Waals surface area contributed by atoms with Crippen LogP contribution in [-0.2, 0) is 0 Å². The van der Waals surface area contributed by atoms with Crippen molar-refractivity contribution >= 4 is 0 Å². The van der Waals surface area contributed by atoms with Crippen LogP contribution in [0.3, 0.4) is 0 Å². The van der Waals surface area contributed by atoms with Gasteiger partial charge in [0.15, 0.2) is 0 Å². The molecule has 0 aliphatic carbocycles. The van der Waals surface area contributed by atoms with Crippen LogP contribution in [0, 0.1) is 12.8 Å². The van der Waals surface area contributed by atoms with Crippen molar-refractivity contribution in [1.82, 2.24) is 4.98 Å². The lowest BCUT2D eigenvalue weighted by Gasteiger charge is -2.21. The number of aromatic nitrogens is 1. The first-order valence-electron chi connectivity index (χ1n) is 5.62. The molecular formula is C13H21N. The molecule has 0 bridgehead atoms. The van der Waals surface area contributed by atoms with Gasteiger partial charge >= 0.3 is 0 Å². The number of hydrogen-bond donors (Lipinski definition) is 0. The first-order valence-corrected chi connectivity index (χ1v) is 5.62. The van der Waals surface area contributed by atoms with Gasteiger partial charge in [0.25, 0.3) is 0 Å². The van der Waals surface area contributed by atoms with E-state index in [0.717, 1.165) is 11.6 Å². The normalized spacial score (nSPS) is 15.1. The number of pyridine rings is 1. The van der Waals surface area contributed by atoms with Gasteiger partial charge in [0.05, 0.1) is 0 Å². The molecule has 2 atom stereocenters. The zero-order chi connectivity index (χ0) is 10.6. The van der Waals surface area contributed by atoms with Crippen LogP contribution in [0.2, 0.25) is 0 Å². The molecule has 0 spiro atoms. The Labute approximate surface area is 87.6 Å². The Bertz CT molecular complexity index is 280. The average Bonchev–Trinajstić information content (AvgIpc) is 2.19. The van der Waals surface area contributed by atoms with Crippen molar-refractivity contribution < 1.29 is 0 Å². The van der Waals surface area contributed by atoms with E-state index in [-0.39, 0.29) is 0 Å². The van der Waals surface area contributed by atoms with Gasteiger partial charge in [-0.15, -0.1) is 0 Å². The lowest BCUT2D eigenvalue weighted by molar-refractivity contribution is 0.426. The van der Waals surface area contributed by atoms with Crippen molar-refractivity contribution in [1.29, 1.82) is 0 Å². The Hall–Kier alpha value is -0.850. The van der Waals surface area contributed by atoms with Gasteiger partial charge in [-0.3, -0.25) is 4.98 Å². The van der Waals surface area contributed by atoms with Crippen LogP contribution in [0.5, 0.6) is 0 Å². The molecule has 0 aliphatic rings. The molecule has 0 saturated carbocycles. The molecule has 1 rings (SSSR count). The predicted molar refractivity (Wildman–Crippen MR) is 61.5 cm³/mol. The first kappa shape index (κ1) is 11.2. The number of rotatable bonds is 4. The van der Waals surface area contributed by atoms with Gasteiger partial charge in [-0.25, -0.2) is 0 Å². The van der Waals surface area contributed by atoms with Crippen LogP contribution >= 0.6 is 0 Å². The third-order valence-electron chi connectivity index (χ3n) is 3.06. The summed E-state index contributed by atoms with van der Waals surface area (Å²) < 4.78 is 0. The van der Waals surface area contributed by atoms with E-state index in [4.69, 9.17) is 0 Å². The molecule has 14 heavy (non-hydrogen) atoms. The zero-order valence-corrected chi connectivity index (χ0v) is 9.75. The predicted octanol–water partition coefficient (Wildman–Crippen LogP) is 3.93. The smallest absolute Gasteiger partial charge is 0.0440 e. The number of nitrogens with zero attached hydrogens (tertiary/aromatic N) is 1. The van der Waals surface area contributed by atoms with E-state index in [0.29, 0.717) is 5.92 Å². The lowest BCUT2D eigenvalue weighted by atomic mass is 9.86. The van der Waals surface area contributed by atoms with Crippen molar-refractivity contribution in [3.05, 3.63) is 29.6 Å². The van der Waals surface area contributed by atoms with Gasteiger partial charge < -0.3 is 0 Å². The van der Waals surface area contributed by atoms with E-state index < -0.39 is 0 Å². The fourth-order valence-corrected chi connectivity index (χ4v) is 1.96. The molecule has 0 amide bonds. The molecule has 1 aromatic heterocycles. The molecule has 0 N–H and O–H groups in total. The molecule has 1 aromatic rings. The molecule has 0 fully saturated rings. The third-order valence-corrected chi connectivity index (χ3v) is 3.06. The fraction of sp³-hybridized carbons (Fsp3) is 0.615. The molecular weight excluding hydrogens is 170 g/mol. The summed E-state index contributed by atoms with van der Waals surface area (Å²) in [6.07, 6.45) is 2.42. The van der Waals surface area contributed by atoms with Crippen LogP contribution in [0.15, 0.2) is 18.2 Å². The van der Waals surface area contributed by atoms with Crippen molar-refractivity contribution in [2.45, 2.75) is 46.5 Å². The Morgan fingerprint density at radius 2 is 1.93 bits per heavy atom. The largest absolute Gasteiger partial charge is 0.258 e. The quantitative estimate of drug-likeness (QED) is 0.702. The first-order chi connectivity index (χ1) is 6.69. The summed E-state index contributed by atoms with van der Waals surface area (Å²) in [6, 6.07) is 6.34. The summed E-state index contributed by atoms with van der Waals surface area (Å²) in [4.78, 5) is 4.61. The second-order valence-electron chi connectivity index (χ2n) is 4.10. The van der Waals surface area contributed by atoms with E-state index >= 15 is 0 Å². The van der Waals surface area contributed by atoms with Crippen molar-refractivity contribution in [2.75, 3.05) is 0 Å². The van der Waals surface area contributed by atoms with Crippen molar-refractivity contribution in [2.24, 2.45) is 5.92 Å². The molecule has 0 aromatic carbocycles. The van der Waals surface area contributed by atoms with Crippen LogP contribution < -0.4 is 0 Å². The van der Waals surface area contributed by atoms with Crippen LogP contribution in [0.4, 0.5) is 0 Å². The summed E-state index contributed by atoms with van der Waals surface area (Å²) in [7, 11) is 0. The molecule has 2 unspecified atom stereocenters. The van der Waals surface area contributed by atoms with E-state index in [2.05, 4.69) is 50.9 Å². The van der Waals surface area contributed by atoms with Gasteiger partial charge in [0.2, 0.25) is 0 Å². The van der Waals surface area contributed by atoms with E-state index in [9.17, 15) is 0 Å². The van der Waals surface area contributed by atoms with Gasteiger partial charge in [-0.2, -0.15) is 0 Å². The summed E-state index contributed by atoms with van der Waals surface area (Å²) >= 11 is 0. The number of hydrogen-bond acceptors (Lipinski definition) is 1. The highest BCUT2D eigenvalue weighted by atomic mass is 14.7. The minimum Gasteiger partial charge on any atom is -0.258 e. The fourth-order valence-electron chi connectivity index (χ4n) is 1.96. The Morgan fingerprint density at radius 3 is 2.43 bits per heavy atom. The van der Waals surface area contributed by atoms with Gasteiger partial charge in [0, 0.05) is 17.3 Å². The highest BCUT2D eigenvalue weighted by Crippen LogP contribution is 2.28. The second-order valence-corrected chi connectivity index (χ2v) is 4.10. The standard InChI is InChI=1S/C13H21N/c1-5-10(3)12(6-2)13-9-7-8-11(4)14-13/h7-10,12H,5-6H2,1-4H3. The van der Waals surface area contributed by atoms with Crippen molar-refractivity contribution in [3.8, 4) is 0 Å². The monoisotopic (exact) mass is 191 g/mol. The van der Waals surface area contributed by atoms with Crippen LogP contribution in [-0.4, -0.2) is 4.98 Å². The second kappa shape index (κ2) is 5.14. The molecule has 78 valence electrons. The maximum absolute atomic E-state index is 4.61. The Balaban J connectivity index is 2.89. The minimum atomic E-state index is 0.625. The third kappa shape index (κ3) is 2.57. The molecule has 0 aliphatic heterocycles. The summed E-state index contributed by atoms with van der Waals surface area (Å²) in [5.74, 6) is 1.36. The van der Waals surface area contributed by atoms with Gasteiger partial charge in [-0.05, 0) is 31.4 Å². The van der Waals surface area contributed by atoms with Crippen LogP contribution in [0.1, 0.15) is 50.9 Å². The summed E-state index contributed by atoms with van der Waals surface area (Å²) in [5, 5.41) is 0. The van der Waals surface area contributed by atoms with Gasteiger partial charge in [-0.1, -0.05) is 33.3 Å². The summed E-state index contributed by atoms with van der Waals surface area (Å²) in [6.45, 7) is 8.88. The van der Waals surface area contributed by atoms with E-state index in [1.807, 2.05) is 0 Å². The van der Waals surface area contributed by atoms with E-state index in [1.165, 1.54) is 18.5 Å². The topological polar surface area (TPSA) is 12.9 Å². The Kier molecular flexibility index (Phi) is 4.12.